The fourth-order valence-electron chi connectivity index (χ4n) is 3.39. The number of para-hydroxylation sites is 1. The summed E-state index contributed by atoms with van der Waals surface area (Å²) in [6.07, 6.45) is 2.70. The molecule has 1 aromatic carbocycles. The van der Waals surface area contributed by atoms with Crippen molar-refractivity contribution in [2.45, 2.75) is 52.7 Å². The van der Waals surface area contributed by atoms with Crippen molar-refractivity contribution in [2.75, 3.05) is 0 Å². The molecule has 1 atom stereocenters. The van der Waals surface area contributed by atoms with Gasteiger partial charge in [0.25, 0.3) is 5.78 Å². The average molecular weight is 403 g/mol. The molecule has 1 unspecified atom stereocenters. The van der Waals surface area contributed by atoms with Crippen LogP contribution in [0.3, 0.4) is 0 Å². The number of fused-ring (bicyclic) bond motifs is 1. The molecule has 7 nitrogen and oxygen atoms in total. The van der Waals surface area contributed by atoms with Gasteiger partial charge in [-0.1, -0.05) is 25.1 Å². The number of hydrogen-bond donors (Lipinski definition) is 1. The van der Waals surface area contributed by atoms with Gasteiger partial charge >= 0.3 is 6.61 Å². The number of hydrogen-bond acceptors (Lipinski definition) is 5. The molecular formula is C20H23F2N5O2. The molecule has 0 bridgehead atoms. The van der Waals surface area contributed by atoms with Gasteiger partial charge < -0.3 is 10.1 Å². The second kappa shape index (κ2) is 8.93. The van der Waals surface area contributed by atoms with Crippen LogP contribution in [0.25, 0.3) is 5.78 Å². The van der Waals surface area contributed by atoms with Crippen LogP contribution >= 0.6 is 0 Å². The average Bonchev–Trinajstić information content (AvgIpc) is 3.14. The fourth-order valence-corrected chi connectivity index (χ4v) is 3.39. The molecule has 2 heterocycles. The Kier molecular flexibility index (Phi) is 6.36. The zero-order valence-corrected chi connectivity index (χ0v) is 16.5. The van der Waals surface area contributed by atoms with Crippen molar-refractivity contribution in [2.24, 2.45) is 0 Å². The number of rotatable bonds is 8. The largest absolute Gasteiger partial charge is 0.434 e. The molecule has 1 amide bonds. The summed E-state index contributed by atoms with van der Waals surface area (Å²) in [6.45, 7) is 2.74. The monoisotopic (exact) mass is 403 g/mol. The van der Waals surface area contributed by atoms with E-state index in [1.807, 2.05) is 20.8 Å². The molecule has 0 aliphatic carbocycles. The first-order valence-electron chi connectivity index (χ1n) is 9.39. The SMILES string of the molecule is CCC(NC(=O)CCc1c(C)nc2ncnn2c1C)c1ccccc1OC(F)F. The predicted octanol–water partition coefficient (Wildman–Crippen LogP) is 3.54. The normalized spacial score (nSPS) is 12.3. The molecule has 3 aromatic rings. The zero-order chi connectivity index (χ0) is 21.0. The minimum absolute atomic E-state index is 0.0715. The third kappa shape index (κ3) is 4.67. The Morgan fingerprint density at radius 1 is 1.28 bits per heavy atom. The van der Waals surface area contributed by atoms with E-state index in [0.29, 0.717) is 24.2 Å². The fraction of sp³-hybridized carbons (Fsp3) is 0.400. The second-order valence-corrected chi connectivity index (χ2v) is 6.68. The van der Waals surface area contributed by atoms with Gasteiger partial charge in [-0.05, 0) is 38.3 Å². The smallest absolute Gasteiger partial charge is 0.387 e. The lowest BCUT2D eigenvalue weighted by Crippen LogP contribution is -2.29. The molecule has 1 N–H and O–H groups in total. The maximum atomic E-state index is 12.7. The summed E-state index contributed by atoms with van der Waals surface area (Å²) in [6, 6.07) is 6.09. The Labute approximate surface area is 167 Å². The van der Waals surface area contributed by atoms with Gasteiger partial charge in [-0.2, -0.15) is 18.9 Å². The number of alkyl halides is 2. The number of nitrogens with one attached hydrogen (secondary N) is 1. The van der Waals surface area contributed by atoms with E-state index in [1.165, 1.54) is 12.4 Å². The molecule has 3 rings (SSSR count). The number of carbonyl (C=O) groups excluding carboxylic acids is 1. The third-order valence-corrected chi connectivity index (χ3v) is 4.84. The highest BCUT2D eigenvalue weighted by Gasteiger charge is 2.19. The first kappa shape index (κ1) is 20.6. The molecule has 0 radical (unpaired) electrons. The number of nitrogens with zero attached hydrogens (tertiary/aromatic N) is 4. The number of ether oxygens (including phenoxy) is 1. The number of halogens is 2. The van der Waals surface area contributed by atoms with E-state index >= 15 is 0 Å². The topological polar surface area (TPSA) is 81.4 Å². The van der Waals surface area contributed by atoms with Crippen LogP contribution in [0, 0.1) is 13.8 Å². The summed E-state index contributed by atoms with van der Waals surface area (Å²) in [5, 5.41) is 7.07. The van der Waals surface area contributed by atoms with Gasteiger partial charge in [0.1, 0.15) is 12.1 Å². The first-order valence-corrected chi connectivity index (χ1v) is 9.39. The van der Waals surface area contributed by atoms with Gasteiger partial charge in [-0.3, -0.25) is 4.79 Å². The molecule has 9 heteroatoms. The zero-order valence-electron chi connectivity index (χ0n) is 16.5. The van der Waals surface area contributed by atoms with Gasteiger partial charge in [-0.25, -0.2) is 9.50 Å². The highest BCUT2D eigenvalue weighted by molar-refractivity contribution is 5.77. The van der Waals surface area contributed by atoms with Crippen molar-refractivity contribution >= 4 is 11.7 Å². The predicted molar refractivity (Wildman–Crippen MR) is 103 cm³/mol. The quantitative estimate of drug-likeness (QED) is 0.622. The lowest BCUT2D eigenvalue weighted by Gasteiger charge is -2.20. The second-order valence-electron chi connectivity index (χ2n) is 6.68. The minimum atomic E-state index is -2.92. The van der Waals surface area contributed by atoms with Crippen LogP contribution < -0.4 is 10.1 Å². The standard InChI is InChI=1S/C20H23F2N5O2/c1-4-16(15-7-5-6-8-17(15)29-19(21)22)26-18(28)10-9-14-12(2)25-20-23-11-24-27(20)13(14)3/h5-8,11,16,19H,4,9-10H2,1-3H3,(H,26,28). The Balaban J connectivity index is 1.70. The summed E-state index contributed by atoms with van der Waals surface area (Å²) in [5.41, 5.74) is 3.16. The van der Waals surface area contributed by atoms with Crippen molar-refractivity contribution in [3.8, 4) is 5.75 Å². The molecule has 0 spiro atoms. The summed E-state index contributed by atoms with van der Waals surface area (Å²) in [7, 11) is 0. The number of benzene rings is 1. The highest BCUT2D eigenvalue weighted by Crippen LogP contribution is 2.28. The van der Waals surface area contributed by atoms with Crippen LogP contribution in [-0.2, 0) is 11.2 Å². The Morgan fingerprint density at radius 2 is 2.03 bits per heavy atom. The van der Waals surface area contributed by atoms with Gasteiger partial charge in [0.2, 0.25) is 5.91 Å². The molecule has 0 aliphatic rings. The van der Waals surface area contributed by atoms with E-state index < -0.39 is 12.7 Å². The van der Waals surface area contributed by atoms with Crippen molar-refractivity contribution in [1.29, 1.82) is 0 Å². The van der Waals surface area contributed by atoms with Crippen LogP contribution in [0.2, 0.25) is 0 Å². The van der Waals surface area contributed by atoms with Crippen molar-refractivity contribution < 1.29 is 18.3 Å². The van der Waals surface area contributed by atoms with Gasteiger partial charge in [0.05, 0.1) is 6.04 Å². The lowest BCUT2D eigenvalue weighted by atomic mass is 10.0. The highest BCUT2D eigenvalue weighted by atomic mass is 19.3. The molecule has 0 saturated carbocycles. The molecule has 154 valence electrons. The van der Waals surface area contributed by atoms with E-state index in [2.05, 4.69) is 25.1 Å². The van der Waals surface area contributed by atoms with Gasteiger partial charge in [0, 0.05) is 23.4 Å². The van der Waals surface area contributed by atoms with Crippen molar-refractivity contribution in [1.82, 2.24) is 24.9 Å². The maximum Gasteiger partial charge on any atom is 0.387 e. The molecule has 2 aromatic heterocycles. The molecule has 0 fully saturated rings. The van der Waals surface area contributed by atoms with Crippen LogP contribution in [0.15, 0.2) is 30.6 Å². The Morgan fingerprint density at radius 3 is 2.76 bits per heavy atom. The number of aromatic nitrogens is 4. The van der Waals surface area contributed by atoms with E-state index in [-0.39, 0.29) is 18.1 Å². The summed E-state index contributed by atoms with van der Waals surface area (Å²) < 4.78 is 31.6. The third-order valence-electron chi connectivity index (χ3n) is 4.84. The summed E-state index contributed by atoms with van der Waals surface area (Å²) >= 11 is 0. The van der Waals surface area contributed by atoms with E-state index in [4.69, 9.17) is 0 Å². The van der Waals surface area contributed by atoms with Crippen LogP contribution in [-0.4, -0.2) is 32.1 Å². The Bertz CT molecular complexity index is 1010. The van der Waals surface area contributed by atoms with Crippen molar-refractivity contribution in [3.63, 3.8) is 0 Å². The van der Waals surface area contributed by atoms with Crippen LogP contribution in [0.4, 0.5) is 8.78 Å². The van der Waals surface area contributed by atoms with Crippen LogP contribution in [0.5, 0.6) is 5.75 Å². The molecule has 29 heavy (non-hydrogen) atoms. The molecule has 0 aliphatic heterocycles. The molecule has 0 saturated heterocycles. The van der Waals surface area contributed by atoms with E-state index in [0.717, 1.165) is 17.0 Å². The summed E-state index contributed by atoms with van der Waals surface area (Å²) in [4.78, 5) is 21.1. The lowest BCUT2D eigenvalue weighted by molar-refractivity contribution is -0.121. The van der Waals surface area contributed by atoms with E-state index in [9.17, 15) is 13.6 Å². The first-order chi connectivity index (χ1) is 13.9. The number of carbonyl (C=O) groups is 1. The maximum absolute atomic E-state index is 12.7. The van der Waals surface area contributed by atoms with E-state index in [1.54, 1.807) is 22.7 Å². The molecular weight excluding hydrogens is 380 g/mol. The summed E-state index contributed by atoms with van der Waals surface area (Å²) in [5.74, 6) is 0.415. The minimum Gasteiger partial charge on any atom is -0.434 e. The Hall–Kier alpha value is -3.10. The van der Waals surface area contributed by atoms with Gasteiger partial charge in [0.15, 0.2) is 0 Å². The van der Waals surface area contributed by atoms with Crippen molar-refractivity contribution in [3.05, 3.63) is 53.1 Å². The number of amides is 1. The van der Waals surface area contributed by atoms with Crippen LogP contribution in [0.1, 0.15) is 48.3 Å². The number of aryl methyl sites for hydroxylation is 2. The van der Waals surface area contributed by atoms with Gasteiger partial charge in [-0.15, -0.1) is 0 Å².